The van der Waals surface area contributed by atoms with Crippen LogP contribution in [0.1, 0.15) is 38.7 Å². The van der Waals surface area contributed by atoms with E-state index >= 15 is 0 Å². The number of aliphatic carboxylic acids is 1. The quantitative estimate of drug-likeness (QED) is 0.888. The van der Waals surface area contributed by atoms with Crippen molar-refractivity contribution in [3.63, 3.8) is 0 Å². The summed E-state index contributed by atoms with van der Waals surface area (Å²) in [6.45, 7) is 5.33. The molecule has 0 aliphatic heterocycles. The number of hydrogen-bond acceptors (Lipinski definition) is 3. The maximum absolute atomic E-state index is 11.7. The van der Waals surface area contributed by atoms with Crippen molar-refractivity contribution in [2.24, 2.45) is 5.92 Å². The zero-order chi connectivity index (χ0) is 15.8. The Morgan fingerprint density at radius 1 is 1.33 bits per heavy atom. The first-order valence-corrected chi connectivity index (χ1v) is 7.07. The average Bonchev–Trinajstić information content (AvgIpc) is 3.04. The summed E-state index contributed by atoms with van der Waals surface area (Å²) in [5.41, 5.74) is 0.736. The Labute approximate surface area is 128 Å². The fraction of sp³-hybridized carbons (Fsp3) is 0.467. The number of amides is 1. The van der Waals surface area contributed by atoms with E-state index in [2.05, 4.69) is 5.32 Å². The van der Waals surface area contributed by atoms with Crippen LogP contribution in [0.5, 0.6) is 0 Å². The van der Waals surface area contributed by atoms with Crippen LogP contribution in [0.3, 0.4) is 0 Å². The van der Waals surface area contributed by atoms with Gasteiger partial charge in [0.25, 0.3) is 0 Å². The fourth-order valence-electron chi connectivity index (χ4n) is 2.16. The summed E-state index contributed by atoms with van der Waals surface area (Å²) in [7, 11) is 0. The molecule has 6 heteroatoms. The second-order valence-corrected chi connectivity index (χ2v) is 6.62. The first kappa shape index (κ1) is 15.6. The van der Waals surface area contributed by atoms with Gasteiger partial charge in [-0.15, -0.1) is 0 Å². The lowest BCUT2D eigenvalue weighted by Gasteiger charge is -2.20. The molecule has 0 spiro atoms. The topological polar surface area (TPSA) is 75.6 Å². The Kier molecular flexibility index (Phi) is 4.14. The normalized spacial score (nSPS) is 20.8. The number of rotatable bonds is 3. The van der Waals surface area contributed by atoms with Crippen LogP contribution in [0.4, 0.5) is 10.5 Å². The van der Waals surface area contributed by atoms with E-state index in [0.29, 0.717) is 17.1 Å². The first-order valence-electron chi connectivity index (χ1n) is 6.69. The summed E-state index contributed by atoms with van der Waals surface area (Å²) in [6.07, 6.45) is 0.0305. The number of nitrogens with one attached hydrogen (secondary N) is 1. The van der Waals surface area contributed by atoms with Crippen LogP contribution in [-0.2, 0) is 9.53 Å². The number of hydrogen-bond donors (Lipinski definition) is 2. The van der Waals surface area contributed by atoms with Crippen LogP contribution >= 0.6 is 11.6 Å². The summed E-state index contributed by atoms with van der Waals surface area (Å²) in [5.74, 6) is -1.21. The van der Waals surface area contributed by atoms with Gasteiger partial charge >= 0.3 is 12.1 Å². The average molecular weight is 312 g/mol. The molecule has 0 bridgehead atoms. The Hall–Kier alpha value is -1.75. The maximum Gasteiger partial charge on any atom is 0.412 e. The lowest BCUT2D eigenvalue weighted by Crippen LogP contribution is -2.27. The van der Waals surface area contributed by atoms with Crippen LogP contribution in [0.25, 0.3) is 0 Å². The Bertz CT molecular complexity index is 580. The van der Waals surface area contributed by atoms with Gasteiger partial charge in [0.15, 0.2) is 0 Å². The van der Waals surface area contributed by atoms with Gasteiger partial charge < -0.3 is 9.84 Å². The molecule has 1 aromatic rings. The maximum atomic E-state index is 11.7. The van der Waals surface area contributed by atoms with E-state index in [1.807, 2.05) is 0 Å². The number of ether oxygens (including phenoxy) is 1. The molecule has 1 amide bonds. The summed E-state index contributed by atoms with van der Waals surface area (Å²) in [5, 5.41) is 12.0. The van der Waals surface area contributed by atoms with Crippen LogP contribution in [0.2, 0.25) is 5.02 Å². The van der Waals surface area contributed by atoms with Gasteiger partial charge in [-0.3, -0.25) is 10.1 Å². The predicted molar refractivity (Wildman–Crippen MR) is 79.8 cm³/mol. The minimum Gasteiger partial charge on any atom is -0.481 e. The molecule has 1 aliphatic rings. The van der Waals surface area contributed by atoms with Crippen LogP contribution < -0.4 is 5.32 Å². The van der Waals surface area contributed by atoms with Crippen molar-refractivity contribution in [3.05, 3.63) is 28.8 Å². The number of halogens is 1. The van der Waals surface area contributed by atoms with Crippen molar-refractivity contribution in [2.45, 2.75) is 38.7 Å². The molecule has 2 N–H and O–H groups in total. The number of carbonyl (C=O) groups excluding carboxylic acids is 1. The van der Waals surface area contributed by atoms with Gasteiger partial charge in [0.1, 0.15) is 5.60 Å². The van der Waals surface area contributed by atoms with Gasteiger partial charge in [-0.2, -0.15) is 0 Å². The van der Waals surface area contributed by atoms with Crippen LogP contribution in [-0.4, -0.2) is 22.8 Å². The molecule has 1 aromatic carbocycles. The van der Waals surface area contributed by atoms with Crippen molar-refractivity contribution < 1.29 is 19.4 Å². The molecule has 0 radical (unpaired) electrons. The van der Waals surface area contributed by atoms with E-state index in [9.17, 15) is 9.59 Å². The third kappa shape index (κ3) is 4.36. The van der Waals surface area contributed by atoms with Crippen molar-refractivity contribution >= 4 is 29.4 Å². The number of carboxylic acids is 1. The van der Waals surface area contributed by atoms with Gasteiger partial charge in [-0.25, -0.2) is 4.79 Å². The molecular formula is C15H18ClNO4. The minimum absolute atomic E-state index is 0.0413. The second-order valence-electron chi connectivity index (χ2n) is 6.19. The largest absolute Gasteiger partial charge is 0.481 e. The van der Waals surface area contributed by atoms with Crippen molar-refractivity contribution in [1.29, 1.82) is 0 Å². The SMILES string of the molecule is CC(C)(C)OC(=O)Nc1cc(Cl)cc([C@H]2C[C@@H]2C(=O)O)c1. The van der Waals surface area contributed by atoms with Gasteiger partial charge in [-0.05, 0) is 56.9 Å². The standard InChI is InChI=1S/C15H18ClNO4/c1-15(2,3)21-14(20)17-10-5-8(4-9(16)6-10)11-7-12(11)13(18)19/h4-6,11-12H,7H2,1-3H3,(H,17,20)(H,18,19)/t11-,12+/m1/s1. The molecule has 5 nitrogen and oxygen atoms in total. The molecule has 1 saturated carbocycles. The smallest absolute Gasteiger partial charge is 0.412 e. The predicted octanol–water partition coefficient (Wildman–Crippen LogP) is 3.88. The fourth-order valence-corrected chi connectivity index (χ4v) is 2.40. The highest BCUT2D eigenvalue weighted by atomic mass is 35.5. The highest BCUT2D eigenvalue weighted by Gasteiger charge is 2.44. The molecule has 2 atom stereocenters. The molecule has 1 fully saturated rings. The molecule has 1 aliphatic carbocycles. The highest BCUT2D eigenvalue weighted by molar-refractivity contribution is 6.31. The van der Waals surface area contributed by atoms with Crippen molar-refractivity contribution in [2.75, 3.05) is 5.32 Å². The molecule has 0 unspecified atom stereocenters. The highest BCUT2D eigenvalue weighted by Crippen LogP contribution is 2.48. The summed E-state index contributed by atoms with van der Waals surface area (Å²) >= 11 is 6.03. The van der Waals surface area contributed by atoms with E-state index in [1.165, 1.54) is 0 Å². The number of carbonyl (C=O) groups is 2. The lowest BCUT2D eigenvalue weighted by atomic mass is 10.1. The molecular weight excluding hydrogens is 294 g/mol. The number of anilines is 1. The third-order valence-corrected chi connectivity index (χ3v) is 3.32. The Morgan fingerprint density at radius 3 is 2.52 bits per heavy atom. The Balaban J connectivity index is 2.09. The molecule has 114 valence electrons. The van der Waals surface area contributed by atoms with Gasteiger partial charge in [0.05, 0.1) is 5.92 Å². The van der Waals surface area contributed by atoms with E-state index in [4.69, 9.17) is 21.4 Å². The van der Waals surface area contributed by atoms with Crippen LogP contribution in [0.15, 0.2) is 18.2 Å². The summed E-state index contributed by atoms with van der Waals surface area (Å²) in [6, 6.07) is 5.08. The van der Waals surface area contributed by atoms with E-state index in [0.717, 1.165) is 5.56 Å². The van der Waals surface area contributed by atoms with Crippen molar-refractivity contribution in [1.82, 2.24) is 0 Å². The van der Waals surface area contributed by atoms with Crippen molar-refractivity contribution in [3.8, 4) is 0 Å². The third-order valence-electron chi connectivity index (χ3n) is 3.10. The number of carboxylic acid groups (broad SMARTS) is 1. The summed E-state index contributed by atoms with van der Waals surface area (Å²) in [4.78, 5) is 22.7. The lowest BCUT2D eigenvalue weighted by molar-refractivity contribution is -0.138. The van der Waals surface area contributed by atoms with Gasteiger partial charge in [0, 0.05) is 10.7 Å². The minimum atomic E-state index is -0.804. The molecule has 0 heterocycles. The molecule has 2 rings (SSSR count). The summed E-state index contributed by atoms with van der Waals surface area (Å²) < 4.78 is 5.17. The monoisotopic (exact) mass is 311 g/mol. The zero-order valence-electron chi connectivity index (χ0n) is 12.1. The van der Waals surface area contributed by atoms with Gasteiger partial charge in [0.2, 0.25) is 0 Å². The van der Waals surface area contributed by atoms with Gasteiger partial charge in [-0.1, -0.05) is 11.6 Å². The molecule has 0 aromatic heterocycles. The molecule has 21 heavy (non-hydrogen) atoms. The van der Waals surface area contributed by atoms with E-state index in [1.54, 1.807) is 39.0 Å². The van der Waals surface area contributed by atoms with E-state index in [-0.39, 0.29) is 11.8 Å². The molecule has 0 saturated heterocycles. The Morgan fingerprint density at radius 2 is 2.00 bits per heavy atom. The number of benzene rings is 1. The second kappa shape index (κ2) is 5.56. The van der Waals surface area contributed by atoms with E-state index < -0.39 is 17.7 Å². The first-order chi connectivity index (χ1) is 9.65. The van der Waals surface area contributed by atoms with Crippen LogP contribution in [0, 0.1) is 5.92 Å². The zero-order valence-corrected chi connectivity index (χ0v) is 12.9.